The Hall–Kier alpha value is -0.620. The number of hydrogen-bond donors (Lipinski definition) is 2. The number of rotatable bonds is 8. The van der Waals surface area contributed by atoms with Crippen molar-refractivity contribution in [2.24, 2.45) is 5.92 Å². The molecule has 6 heteroatoms. The number of carbonyl (C=O) groups is 1. The van der Waals surface area contributed by atoms with Crippen LogP contribution in [0.2, 0.25) is 0 Å². The Labute approximate surface area is 140 Å². The summed E-state index contributed by atoms with van der Waals surface area (Å²) in [6.07, 6.45) is 0.958. The average Bonchev–Trinajstić information content (AvgIpc) is 3.23. The van der Waals surface area contributed by atoms with Gasteiger partial charge in [-0.25, -0.2) is 0 Å². The van der Waals surface area contributed by atoms with Crippen LogP contribution in [0.1, 0.15) is 17.9 Å². The standard InChI is InChI=1S/C15H21BrN2O2.ClH/c1-20-8-7-17-5-6-18-15(19)14-10-13(14)11-3-2-4-12(16)9-11;/h2-4,9,13-14,17H,5-8,10H2,1H3,(H,18,19);1H. The maximum Gasteiger partial charge on any atom is 0.223 e. The van der Waals surface area contributed by atoms with E-state index < -0.39 is 0 Å². The maximum atomic E-state index is 12.0. The van der Waals surface area contributed by atoms with Gasteiger partial charge in [0.25, 0.3) is 0 Å². The van der Waals surface area contributed by atoms with Crippen molar-refractivity contribution in [1.82, 2.24) is 10.6 Å². The van der Waals surface area contributed by atoms with Gasteiger partial charge in [-0.1, -0.05) is 28.1 Å². The van der Waals surface area contributed by atoms with Crippen molar-refractivity contribution in [2.45, 2.75) is 12.3 Å². The molecule has 2 N–H and O–H groups in total. The topological polar surface area (TPSA) is 50.4 Å². The van der Waals surface area contributed by atoms with Crippen molar-refractivity contribution in [3.63, 3.8) is 0 Å². The van der Waals surface area contributed by atoms with Crippen molar-refractivity contribution >= 4 is 34.2 Å². The molecule has 118 valence electrons. The predicted octanol–water partition coefficient (Wildman–Crippen LogP) is 2.33. The molecule has 0 aromatic heterocycles. The number of hydrogen-bond acceptors (Lipinski definition) is 3. The number of amides is 1. The summed E-state index contributed by atoms with van der Waals surface area (Å²) >= 11 is 3.47. The fourth-order valence-electron chi connectivity index (χ4n) is 2.29. The Morgan fingerprint density at radius 3 is 2.90 bits per heavy atom. The first-order valence-corrected chi connectivity index (χ1v) is 7.74. The van der Waals surface area contributed by atoms with Crippen LogP contribution in [-0.2, 0) is 9.53 Å². The monoisotopic (exact) mass is 376 g/mol. The zero-order valence-corrected chi connectivity index (χ0v) is 14.5. The van der Waals surface area contributed by atoms with Gasteiger partial charge < -0.3 is 15.4 Å². The van der Waals surface area contributed by atoms with Gasteiger partial charge in [-0.05, 0) is 30.0 Å². The molecule has 1 aliphatic carbocycles. The quantitative estimate of drug-likeness (QED) is 0.684. The van der Waals surface area contributed by atoms with Crippen molar-refractivity contribution < 1.29 is 9.53 Å². The highest BCUT2D eigenvalue weighted by molar-refractivity contribution is 9.10. The Morgan fingerprint density at radius 1 is 1.38 bits per heavy atom. The molecule has 0 saturated heterocycles. The van der Waals surface area contributed by atoms with Crippen LogP contribution in [0, 0.1) is 5.92 Å². The molecule has 1 aromatic carbocycles. The molecular weight excluding hydrogens is 356 g/mol. The summed E-state index contributed by atoms with van der Waals surface area (Å²) in [7, 11) is 1.68. The van der Waals surface area contributed by atoms with Crippen LogP contribution in [0.15, 0.2) is 28.7 Å². The van der Waals surface area contributed by atoms with Gasteiger partial charge >= 0.3 is 0 Å². The van der Waals surface area contributed by atoms with E-state index in [-0.39, 0.29) is 24.2 Å². The molecular formula is C15H22BrClN2O2. The van der Waals surface area contributed by atoms with E-state index in [1.807, 2.05) is 12.1 Å². The fourth-order valence-corrected chi connectivity index (χ4v) is 2.71. The number of halogens is 2. The molecule has 0 bridgehead atoms. The second-order valence-electron chi connectivity index (χ2n) is 5.04. The first-order chi connectivity index (χ1) is 9.72. The molecule has 4 nitrogen and oxygen atoms in total. The third-order valence-corrected chi connectivity index (χ3v) is 3.98. The van der Waals surface area contributed by atoms with Crippen molar-refractivity contribution in [1.29, 1.82) is 0 Å². The van der Waals surface area contributed by atoms with Crippen LogP contribution in [0.25, 0.3) is 0 Å². The molecule has 0 radical (unpaired) electrons. The van der Waals surface area contributed by atoms with E-state index >= 15 is 0 Å². The van der Waals surface area contributed by atoms with Crippen LogP contribution < -0.4 is 10.6 Å². The third-order valence-electron chi connectivity index (χ3n) is 3.49. The SMILES string of the molecule is COCCNCCNC(=O)C1CC1c1cccc(Br)c1.Cl. The van der Waals surface area contributed by atoms with Gasteiger partial charge in [0.15, 0.2) is 0 Å². The molecule has 0 aliphatic heterocycles. The van der Waals surface area contributed by atoms with Gasteiger partial charge in [0.05, 0.1) is 6.61 Å². The van der Waals surface area contributed by atoms with Crippen molar-refractivity contribution in [2.75, 3.05) is 33.4 Å². The third kappa shape index (κ3) is 5.94. The summed E-state index contributed by atoms with van der Waals surface area (Å²) in [4.78, 5) is 12.0. The van der Waals surface area contributed by atoms with Crippen LogP contribution in [0.5, 0.6) is 0 Å². The van der Waals surface area contributed by atoms with E-state index in [2.05, 4.69) is 38.7 Å². The second-order valence-corrected chi connectivity index (χ2v) is 5.95. The lowest BCUT2D eigenvalue weighted by Crippen LogP contribution is -2.34. The molecule has 2 unspecified atom stereocenters. The van der Waals surface area contributed by atoms with E-state index in [4.69, 9.17) is 4.74 Å². The summed E-state index contributed by atoms with van der Waals surface area (Å²) < 4.78 is 6.01. The van der Waals surface area contributed by atoms with E-state index in [0.717, 1.165) is 24.0 Å². The first-order valence-electron chi connectivity index (χ1n) is 6.95. The Morgan fingerprint density at radius 2 is 2.19 bits per heavy atom. The lowest BCUT2D eigenvalue weighted by atomic mass is 10.1. The number of methoxy groups -OCH3 is 1. The van der Waals surface area contributed by atoms with Gasteiger partial charge in [-0.2, -0.15) is 0 Å². The second kappa shape index (κ2) is 9.41. The number of nitrogens with one attached hydrogen (secondary N) is 2. The molecule has 1 aliphatic rings. The average molecular weight is 378 g/mol. The molecule has 1 fully saturated rings. The van der Waals surface area contributed by atoms with Crippen LogP contribution in [-0.4, -0.2) is 39.3 Å². The molecule has 2 atom stereocenters. The minimum absolute atomic E-state index is 0. The minimum Gasteiger partial charge on any atom is -0.383 e. The Balaban J connectivity index is 0.00000220. The van der Waals surface area contributed by atoms with Crippen molar-refractivity contribution in [3.05, 3.63) is 34.3 Å². The van der Waals surface area contributed by atoms with E-state index in [1.54, 1.807) is 7.11 Å². The molecule has 1 saturated carbocycles. The van der Waals surface area contributed by atoms with E-state index in [9.17, 15) is 4.79 Å². The molecule has 2 rings (SSSR count). The van der Waals surface area contributed by atoms with Crippen LogP contribution in [0.3, 0.4) is 0 Å². The molecule has 1 aromatic rings. The number of benzene rings is 1. The van der Waals surface area contributed by atoms with Gasteiger partial charge in [0, 0.05) is 37.1 Å². The lowest BCUT2D eigenvalue weighted by Gasteiger charge is -2.06. The summed E-state index contributed by atoms with van der Waals surface area (Å²) in [6, 6.07) is 8.22. The highest BCUT2D eigenvalue weighted by atomic mass is 79.9. The number of ether oxygens (including phenoxy) is 1. The molecule has 1 amide bonds. The predicted molar refractivity (Wildman–Crippen MR) is 90.0 cm³/mol. The smallest absolute Gasteiger partial charge is 0.223 e. The van der Waals surface area contributed by atoms with Gasteiger partial charge in [0.2, 0.25) is 5.91 Å². The Bertz CT molecular complexity index is 459. The summed E-state index contributed by atoms with van der Waals surface area (Å²) in [5, 5.41) is 6.19. The van der Waals surface area contributed by atoms with Crippen molar-refractivity contribution in [3.8, 4) is 0 Å². The summed E-state index contributed by atoms with van der Waals surface area (Å²) in [5.74, 6) is 0.695. The summed E-state index contributed by atoms with van der Waals surface area (Å²) in [6.45, 7) is 2.96. The van der Waals surface area contributed by atoms with Gasteiger partial charge in [-0.3, -0.25) is 4.79 Å². The van der Waals surface area contributed by atoms with Gasteiger partial charge in [-0.15, -0.1) is 12.4 Å². The minimum atomic E-state index is 0. The molecule has 0 heterocycles. The zero-order chi connectivity index (χ0) is 14.4. The van der Waals surface area contributed by atoms with E-state index in [0.29, 0.717) is 19.1 Å². The fraction of sp³-hybridized carbons (Fsp3) is 0.533. The lowest BCUT2D eigenvalue weighted by molar-refractivity contribution is -0.122. The molecule has 0 spiro atoms. The molecule has 21 heavy (non-hydrogen) atoms. The van der Waals surface area contributed by atoms with Crippen LogP contribution >= 0.6 is 28.3 Å². The highest BCUT2D eigenvalue weighted by Gasteiger charge is 2.43. The van der Waals surface area contributed by atoms with E-state index in [1.165, 1.54) is 5.56 Å². The zero-order valence-electron chi connectivity index (χ0n) is 12.1. The highest BCUT2D eigenvalue weighted by Crippen LogP contribution is 2.47. The normalized spacial score (nSPS) is 19.7. The Kier molecular flexibility index (Phi) is 8.26. The first kappa shape index (κ1) is 18.4. The summed E-state index contributed by atoms with van der Waals surface area (Å²) in [5.41, 5.74) is 1.25. The van der Waals surface area contributed by atoms with Crippen LogP contribution in [0.4, 0.5) is 0 Å². The largest absolute Gasteiger partial charge is 0.383 e. The number of carbonyl (C=O) groups excluding carboxylic acids is 1. The van der Waals surface area contributed by atoms with Gasteiger partial charge in [0.1, 0.15) is 0 Å². The maximum absolute atomic E-state index is 12.0.